The van der Waals surface area contributed by atoms with Crippen LogP contribution in [0.5, 0.6) is 5.75 Å². The molecule has 0 amide bonds. The van der Waals surface area contributed by atoms with Gasteiger partial charge in [0, 0.05) is 28.3 Å². The maximum atomic E-state index is 10.4. The Labute approximate surface area is 181 Å². The minimum absolute atomic E-state index is 0.222. The summed E-state index contributed by atoms with van der Waals surface area (Å²) < 4.78 is 0. The van der Waals surface area contributed by atoms with E-state index in [1.165, 1.54) is 0 Å². The van der Waals surface area contributed by atoms with Gasteiger partial charge in [0.05, 0.1) is 22.8 Å². The number of phenols is 1. The summed E-state index contributed by atoms with van der Waals surface area (Å²) in [6.45, 7) is 4.32. The van der Waals surface area contributed by atoms with E-state index in [-0.39, 0.29) is 11.2 Å². The van der Waals surface area contributed by atoms with Gasteiger partial charge in [0.15, 0.2) is 0 Å². The van der Waals surface area contributed by atoms with Crippen molar-refractivity contribution in [3.63, 3.8) is 0 Å². The zero-order valence-electron chi connectivity index (χ0n) is 17.5. The van der Waals surface area contributed by atoms with Crippen LogP contribution in [0, 0.1) is 0 Å². The number of aromatic nitrogens is 3. The minimum Gasteiger partial charge on any atom is -0.507 e. The molecule has 0 radical (unpaired) electrons. The Morgan fingerprint density at radius 2 is 1.61 bits per heavy atom. The van der Waals surface area contributed by atoms with E-state index in [0.29, 0.717) is 0 Å². The Balaban J connectivity index is 1.67. The third kappa shape index (κ3) is 3.36. The monoisotopic (exact) mass is 405 g/mol. The molecule has 0 saturated carbocycles. The smallest absolute Gasteiger partial charge is 0.124 e. The van der Waals surface area contributed by atoms with Crippen molar-refractivity contribution in [2.75, 3.05) is 0 Å². The van der Waals surface area contributed by atoms with Crippen LogP contribution in [0.3, 0.4) is 0 Å². The molecule has 4 heteroatoms. The van der Waals surface area contributed by atoms with E-state index < -0.39 is 0 Å². The van der Waals surface area contributed by atoms with Crippen molar-refractivity contribution in [2.45, 2.75) is 19.3 Å². The molecule has 5 rings (SSSR count). The minimum atomic E-state index is -0.273. The van der Waals surface area contributed by atoms with Crippen molar-refractivity contribution in [2.24, 2.45) is 0 Å². The Kier molecular flexibility index (Phi) is 4.55. The lowest BCUT2D eigenvalue weighted by Gasteiger charge is -2.22. The van der Waals surface area contributed by atoms with E-state index in [1.807, 2.05) is 60.8 Å². The third-order valence-electron chi connectivity index (χ3n) is 5.84. The van der Waals surface area contributed by atoms with Crippen molar-refractivity contribution >= 4 is 10.8 Å². The Morgan fingerprint density at radius 3 is 2.42 bits per heavy atom. The molecule has 3 heterocycles. The number of benzene rings is 2. The third-order valence-corrected chi connectivity index (χ3v) is 5.84. The molecular weight excluding hydrogens is 382 g/mol. The SMILES string of the molecule is CC(C)(c1ccccn1)c1ccc(-c2nc(-c3ccccc3O)cc3ccccc23)[nH]1. The molecule has 0 bridgehead atoms. The normalized spacial score (nSPS) is 11.7. The first-order chi connectivity index (χ1) is 15.0. The number of pyridine rings is 2. The molecule has 0 aliphatic carbocycles. The highest BCUT2D eigenvalue weighted by atomic mass is 16.3. The lowest BCUT2D eigenvalue weighted by atomic mass is 9.85. The molecule has 0 aliphatic rings. The van der Waals surface area contributed by atoms with Gasteiger partial charge in [-0.3, -0.25) is 4.98 Å². The zero-order valence-corrected chi connectivity index (χ0v) is 17.5. The first kappa shape index (κ1) is 19.1. The molecule has 31 heavy (non-hydrogen) atoms. The van der Waals surface area contributed by atoms with E-state index in [9.17, 15) is 5.11 Å². The van der Waals surface area contributed by atoms with Crippen molar-refractivity contribution in [1.82, 2.24) is 15.0 Å². The van der Waals surface area contributed by atoms with Crippen LogP contribution >= 0.6 is 0 Å². The van der Waals surface area contributed by atoms with E-state index in [4.69, 9.17) is 4.98 Å². The Bertz CT molecular complexity index is 1370. The highest BCUT2D eigenvalue weighted by molar-refractivity contribution is 5.96. The standard InChI is InChI=1S/C27H23N3O/c1-27(2,24-13-7-8-16-28-24)25-15-14-21(29-25)26-19-10-4-3-9-18(19)17-22(30-26)20-11-5-6-12-23(20)31/h3-17,29,31H,1-2H3. The first-order valence-corrected chi connectivity index (χ1v) is 10.3. The molecule has 0 saturated heterocycles. The number of fused-ring (bicyclic) bond motifs is 1. The van der Waals surface area contributed by atoms with Gasteiger partial charge in [0.25, 0.3) is 0 Å². The molecule has 152 valence electrons. The molecule has 0 atom stereocenters. The summed E-state index contributed by atoms with van der Waals surface area (Å²) in [6.07, 6.45) is 1.83. The number of hydrogen-bond acceptors (Lipinski definition) is 3. The van der Waals surface area contributed by atoms with Gasteiger partial charge in [-0.15, -0.1) is 0 Å². The van der Waals surface area contributed by atoms with Crippen molar-refractivity contribution in [3.8, 4) is 28.4 Å². The van der Waals surface area contributed by atoms with Crippen LogP contribution in [-0.4, -0.2) is 20.1 Å². The summed E-state index contributed by atoms with van der Waals surface area (Å²) in [7, 11) is 0. The Morgan fingerprint density at radius 1 is 0.839 bits per heavy atom. The molecule has 3 aromatic heterocycles. The topological polar surface area (TPSA) is 61.8 Å². The molecular formula is C27H23N3O. The number of aromatic amines is 1. The van der Waals surface area contributed by atoms with Crippen LogP contribution in [0.4, 0.5) is 0 Å². The first-order valence-electron chi connectivity index (χ1n) is 10.3. The largest absolute Gasteiger partial charge is 0.507 e. The predicted molar refractivity (Wildman–Crippen MR) is 125 cm³/mol. The maximum absolute atomic E-state index is 10.4. The van der Waals surface area contributed by atoms with Crippen molar-refractivity contribution < 1.29 is 5.11 Å². The van der Waals surface area contributed by atoms with Crippen LogP contribution in [0.15, 0.2) is 91.1 Å². The number of para-hydroxylation sites is 1. The molecule has 2 N–H and O–H groups in total. The number of nitrogens with one attached hydrogen (secondary N) is 1. The second-order valence-electron chi connectivity index (χ2n) is 8.22. The quantitative estimate of drug-likeness (QED) is 0.368. The molecule has 2 aromatic carbocycles. The van der Waals surface area contributed by atoms with Crippen LogP contribution in [0.2, 0.25) is 0 Å². The average Bonchev–Trinajstić information content (AvgIpc) is 3.30. The molecule has 4 nitrogen and oxygen atoms in total. The van der Waals surface area contributed by atoms with Crippen LogP contribution < -0.4 is 0 Å². The van der Waals surface area contributed by atoms with Crippen LogP contribution in [0.1, 0.15) is 25.2 Å². The van der Waals surface area contributed by atoms with Gasteiger partial charge in [-0.2, -0.15) is 0 Å². The van der Waals surface area contributed by atoms with E-state index in [0.717, 1.165) is 44.8 Å². The number of nitrogens with zero attached hydrogens (tertiary/aromatic N) is 2. The molecule has 5 aromatic rings. The molecule has 0 aliphatic heterocycles. The summed E-state index contributed by atoms with van der Waals surface area (Å²) in [5.41, 5.74) is 5.06. The number of rotatable bonds is 4. The summed E-state index contributed by atoms with van der Waals surface area (Å²) >= 11 is 0. The van der Waals surface area contributed by atoms with E-state index >= 15 is 0 Å². The van der Waals surface area contributed by atoms with E-state index in [2.05, 4.69) is 48.1 Å². The average molecular weight is 406 g/mol. The van der Waals surface area contributed by atoms with Gasteiger partial charge in [-0.1, -0.05) is 42.5 Å². The van der Waals surface area contributed by atoms with Gasteiger partial charge in [0.1, 0.15) is 5.75 Å². The summed E-state index contributed by atoms with van der Waals surface area (Å²) in [5, 5.41) is 12.5. The lowest BCUT2D eigenvalue weighted by Crippen LogP contribution is -2.20. The van der Waals surface area contributed by atoms with Crippen LogP contribution in [-0.2, 0) is 5.41 Å². The molecule has 0 spiro atoms. The second-order valence-corrected chi connectivity index (χ2v) is 8.22. The zero-order chi connectivity index (χ0) is 21.4. The van der Waals surface area contributed by atoms with Crippen LogP contribution in [0.25, 0.3) is 33.4 Å². The highest BCUT2D eigenvalue weighted by Crippen LogP contribution is 2.36. The Hall–Kier alpha value is -3.92. The van der Waals surface area contributed by atoms with E-state index in [1.54, 1.807) is 6.07 Å². The summed E-state index contributed by atoms with van der Waals surface area (Å²) in [6, 6.07) is 27.7. The number of aromatic hydroxyl groups is 1. The maximum Gasteiger partial charge on any atom is 0.124 e. The van der Waals surface area contributed by atoms with Gasteiger partial charge < -0.3 is 10.1 Å². The van der Waals surface area contributed by atoms with Gasteiger partial charge in [0.2, 0.25) is 0 Å². The number of H-pyrrole nitrogens is 1. The second kappa shape index (κ2) is 7.40. The lowest BCUT2D eigenvalue weighted by molar-refractivity contribution is 0.477. The van der Waals surface area contributed by atoms with Crippen molar-refractivity contribution in [1.29, 1.82) is 0 Å². The molecule has 0 fully saturated rings. The van der Waals surface area contributed by atoms with Gasteiger partial charge >= 0.3 is 0 Å². The fourth-order valence-corrected chi connectivity index (χ4v) is 4.00. The number of hydrogen-bond donors (Lipinski definition) is 2. The van der Waals surface area contributed by atoms with Crippen molar-refractivity contribution in [3.05, 3.63) is 103 Å². The van der Waals surface area contributed by atoms with Gasteiger partial charge in [-0.05, 0) is 61.7 Å². The fraction of sp³-hybridized carbons (Fsp3) is 0.111. The van der Waals surface area contributed by atoms with Gasteiger partial charge in [-0.25, -0.2) is 4.98 Å². The summed E-state index contributed by atoms with van der Waals surface area (Å²) in [5.74, 6) is 0.222. The number of phenolic OH excluding ortho intramolecular Hbond substituents is 1. The summed E-state index contributed by atoms with van der Waals surface area (Å²) in [4.78, 5) is 13.1. The molecule has 0 unspecified atom stereocenters. The fourth-order valence-electron chi connectivity index (χ4n) is 4.00. The predicted octanol–water partition coefficient (Wildman–Crippen LogP) is 6.32. The highest BCUT2D eigenvalue weighted by Gasteiger charge is 2.26.